The summed E-state index contributed by atoms with van der Waals surface area (Å²) in [7, 11) is -4.01. The quantitative estimate of drug-likeness (QED) is 0.775. The van der Waals surface area contributed by atoms with Crippen LogP contribution in [0, 0.1) is 19.7 Å². The second-order valence-corrected chi connectivity index (χ2v) is 7.56. The lowest BCUT2D eigenvalue weighted by Gasteiger charge is -2.12. The number of hydrogen-bond donors (Lipinski definition) is 1. The van der Waals surface area contributed by atoms with E-state index in [0.29, 0.717) is 11.3 Å². The van der Waals surface area contributed by atoms with Crippen molar-refractivity contribution in [3.8, 4) is 22.4 Å². The maximum absolute atomic E-state index is 14.0. The molecular formula is C19H17FN2O2S. The largest absolute Gasteiger partial charge is 0.256 e. The van der Waals surface area contributed by atoms with Crippen molar-refractivity contribution in [1.29, 1.82) is 0 Å². The fourth-order valence-corrected chi connectivity index (χ4v) is 3.43. The predicted molar refractivity (Wildman–Crippen MR) is 95.9 cm³/mol. The Balaban J connectivity index is 2.25. The summed E-state index contributed by atoms with van der Waals surface area (Å²) in [5.74, 6) is -0.682. The van der Waals surface area contributed by atoms with Gasteiger partial charge in [0, 0.05) is 17.3 Å². The van der Waals surface area contributed by atoms with Crippen molar-refractivity contribution in [2.75, 3.05) is 0 Å². The first-order valence-electron chi connectivity index (χ1n) is 7.61. The zero-order valence-electron chi connectivity index (χ0n) is 13.8. The van der Waals surface area contributed by atoms with E-state index in [4.69, 9.17) is 5.14 Å². The molecule has 0 radical (unpaired) electrons. The molecule has 0 bridgehead atoms. The van der Waals surface area contributed by atoms with Gasteiger partial charge >= 0.3 is 0 Å². The number of rotatable bonds is 3. The molecule has 0 saturated carbocycles. The van der Waals surface area contributed by atoms with Gasteiger partial charge in [0.05, 0.1) is 10.6 Å². The Kier molecular flexibility index (Phi) is 4.41. The monoisotopic (exact) mass is 356 g/mol. The van der Waals surface area contributed by atoms with Gasteiger partial charge in [-0.05, 0) is 43.7 Å². The molecule has 2 aromatic carbocycles. The van der Waals surface area contributed by atoms with Crippen molar-refractivity contribution in [3.63, 3.8) is 0 Å². The van der Waals surface area contributed by atoms with Crippen molar-refractivity contribution in [2.24, 2.45) is 5.14 Å². The predicted octanol–water partition coefficient (Wildman–Crippen LogP) is 3.82. The average Bonchev–Trinajstić information content (AvgIpc) is 2.52. The average molecular weight is 356 g/mol. The highest BCUT2D eigenvalue weighted by atomic mass is 32.2. The van der Waals surface area contributed by atoms with Gasteiger partial charge in [0.1, 0.15) is 5.82 Å². The van der Waals surface area contributed by atoms with E-state index in [2.05, 4.69) is 11.1 Å². The molecule has 0 amide bonds. The van der Waals surface area contributed by atoms with E-state index in [1.807, 2.05) is 32.0 Å². The van der Waals surface area contributed by atoms with E-state index >= 15 is 0 Å². The van der Waals surface area contributed by atoms with E-state index < -0.39 is 15.8 Å². The summed E-state index contributed by atoms with van der Waals surface area (Å²) in [6, 6.07) is 13.2. The van der Waals surface area contributed by atoms with Crippen molar-refractivity contribution >= 4 is 10.0 Å². The number of pyridine rings is 1. The Morgan fingerprint density at radius 3 is 2.28 bits per heavy atom. The van der Waals surface area contributed by atoms with Crippen molar-refractivity contribution in [2.45, 2.75) is 18.7 Å². The molecule has 0 atom stereocenters. The summed E-state index contributed by atoms with van der Waals surface area (Å²) in [5.41, 5.74) is 4.77. The summed E-state index contributed by atoms with van der Waals surface area (Å²) < 4.78 is 37.2. The second kappa shape index (κ2) is 6.38. The summed E-state index contributed by atoms with van der Waals surface area (Å²) >= 11 is 0. The summed E-state index contributed by atoms with van der Waals surface area (Å²) in [4.78, 5) is 4.07. The highest BCUT2D eigenvalue weighted by molar-refractivity contribution is 7.89. The minimum absolute atomic E-state index is 0.278. The van der Waals surface area contributed by atoms with Gasteiger partial charge < -0.3 is 0 Å². The van der Waals surface area contributed by atoms with Crippen LogP contribution in [-0.2, 0) is 10.0 Å². The van der Waals surface area contributed by atoms with Crippen LogP contribution in [0.25, 0.3) is 22.4 Å². The lowest BCUT2D eigenvalue weighted by atomic mass is 9.96. The van der Waals surface area contributed by atoms with Gasteiger partial charge in [0.15, 0.2) is 0 Å². The van der Waals surface area contributed by atoms with Crippen molar-refractivity contribution < 1.29 is 12.8 Å². The third-order valence-electron chi connectivity index (χ3n) is 3.81. The summed E-state index contributed by atoms with van der Waals surface area (Å²) in [6.45, 7) is 3.99. The molecule has 0 unspecified atom stereocenters. The number of primary sulfonamides is 1. The first kappa shape index (κ1) is 17.3. The van der Waals surface area contributed by atoms with Gasteiger partial charge in [-0.2, -0.15) is 0 Å². The Morgan fingerprint density at radius 1 is 0.960 bits per heavy atom. The number of aromatic nitrogens is 1. The molecule has 128 valence electrons. The molecule has 4 nitrogen and oxygen atoms in total. The molecule has 0 aliphatic rings. The highest BCUT2D eigenvalue weighted by Gasteiger charge is 2.15. The number of nitrogens with two attached hydrogens (primary N) is 1. The van der Waals surface area contributed by atoms with E-state index in [1.165, 1.54) is 12.1 Å². The van der Waals surface area contributed by atoms with Gasteiger partial charge in [-0.1, -0.05) is 35.4 Å². The fraction of sp³-hybridized carbons (Fsp3) is 0.105. The third kappa shape index (κ3) is 3.75. The first-order chi connectivity index (χ1) is 11.7. The topological polar surface area (TPSA) is 73.0 Å². The third-order valence-corrected chi connectivity index (χ3v) is 4.71. The Hall–Kier alpha value is -2.57. The van der Waals surface area contributed by atoms with Gasteiger partial charge in [0.25, 0.3) is 0 Å². The van der Waals surface area contributed by atoms with E-state index in [1.54, 1.807) is 12.3 Å². The van der Waals surface area contributed by atoms with E-state index in [9.17, 15) is 12.8 Å². The maximum atomic E-state index is 14.0. The van der Waals surface area contributed by atoms with Gasteiger partial charge in [0.2, 0.25) is 10.0 Å². The molecule has 1 heterocycles. The number of benzene rings is 2. The fourth-order valence-electron chi connectivity index (χ4n) is 2.86. The lowest BCUT2D eigenvalue weighted by molar-refractivity contribution is 0.592. The molecule has 6 heteroatoms. The van der Waals surface area contributed by atoms with Crippen LogP contribution in [0.5, 0.6) is 0 Å². The van der Waals surface area contributed by atoms with E-state index in [0.717, 1.165) is 28.3 Å². The van der Waals surface area contributed by atoms with Gasteiger partial charge in [-0.3, -0.25) is 4.98 Å². The Bertz CT molecular complexity index is 1040. The van der Waals surface area contributed by atoms with Crippen LogP contribution in [0.15, 0.2) is 59.6 Å². The molecule has 25 heavy (non-hydrogen) atoms. The standard InChI is InChI=1S/C19H17FN2O2S/c1-12-6-13(2)8-14(7-12)18-4-3-5-22-19(18)15-9-16(20)11-17(10-15)25(21,23)24/h3-11H,1-2H3,(H2,21,23,24). The highest BCUT2D eigenvalue weighted by Crippen LogP contribution is 2.32. The molecule has 0 aliphatic carbocycles. The number of sulfonamides is 1. The van der Waals surface area contributed by atoms with Crippen LogP contribution < -0.4 is 5.14 Å². The zero-order chi connectivity index (χ0) is 18.2. The number of halogens is 1. The van der Waals surface area contributed by atoms with Gasteiger partial charge in [-0.25, -0.2) is 17.9 Å². The summed E-state index contributed by atoms with van der Waals surface area (Å²) in [5, 5.41) is 5.15. The maximum Gasteiger partial charge on any atom is 0.238 e. The normalized spacial score (nSPS) is 11.5. The number of nitrogens with zero attached hydrogens (tertiary/aromatic N) is 1. The van der Waals surface area contributed by atoms with Crippen LogP contribution >= 0.6 is 0 Å². The molecule has 0 spiro atoms. The number of aryl methyl sites for hydroxylation is 2. The molecular weight excluding hydrogens is 339 g/mol. The summed E-state index contributed by atoms with van der Waals surface area (Å²) in [6.07, 6.45) is 1.59. The smallest absolute Gasteiger partial charge is 0.238 e. The van der Waals surface area contributed by atoms with Crippen LogP contribution in [0.3, 0.4) is 0 Å². The van der Waals surface area contributed by atoms with Crippen molar-refractivity contribution in [1.82, 2.24) is 4.98 Å². The van der Waals surface area contributed by atoms with Gasteiger partial charge in [-0.15, -0.1) is 0 Å². The lowest BCUT2D eigenvalue weighted by Crippen LogP contribution is -2.12. The van der Waals surface area contributed by atoms with Crippen LogP contribution in [-0.4, -0.2) is 13.4 Å². The molecule has 3 aromatic rings. The molecule has 1 aromatic heterocycles. The minimum Gasteiger partial charge on any atom is -0.256 e. The SMILES string of the molecule is Cc1cc(C)cc(-c2cccnc2-c2cc(F)cc(S(N)(=O)=O)c2)c1. The molecule has 0 saturated heterocycles. The first-order valence-corrected chi connectivity index (χ1v) is 9.16. The minimum atomic E-state index is -4.01. The Morgan fingerprint density at radius 2 is 1.64 bits per heavy atom. The Labute approximate surface area is 146 Å². The zero-order valence-corrected chi connectivity index (χ0v) is 14.6. The van der Waals surface area contributed by atoms with Crippen LogP contribution in [0.4, 0.5) is 4.39 Å². The van der Waals surface area contributed by atoms with Crippen LogP contribution in [0.2, 0.25) is 0 Å². The molecule has 0 fully saturated rings. The molecule has 2 N–H and O–H groups in total. The molecule has 0 aliphatic heterocycles. The van der Waals surface area contributed by atoms with Crippen molar-refractivity contribution in [3.05, 3.63) is 71.7 Å². The van der Waals surface area contributed by atoms with E-state index in [-0.39, 0.29) is 4.90 Å². The molecule has 3 rings (SSSR count). The van der Waals surface area contributed by atoms with Crippen LogP contribution in [0.1, 0.15) is 11.1 Å². The number of hydrogen-bond acceptors (Lipinski definition) is 3. The second-order valence-electron chi connectivity index (χ2n) is 6.00.